The molecule has 5 nitrogen and oxygen atoms in total. The van der Waals surface area contributed by atoms with E-state index in [4.69, 9.17) is 0 Å². The molecule has 0 saturated carbocycles. The maximum absolute atomic E-state index is 13.3. The fourth-order valence-corrected chi connectivity index (χ4v) is 4.55. The van der Waals surface area contributed by atoms with Crippen LogP contribution in [0.5, 0.6) is 0 Å². The van der Waals surface area contributed by atoms with E-state index in [0.717, 1.165) is 39.6 Å². The number of hydrogen-bond acceptors (Lipinski definition) is 3. The summed E-state index contributed by atoms with van der Waals surface area (Å²) in [5.74, 6) is -0.579. The van der Waals surface area contributed by atoms with E-state index < -0.39 is 11.6 Å². The first kappa shape index (κ1) is 17.6. The van der Waals surface area contributed by atoms with Gasteiger partial charge in [-0.25, -0.2) is 4.79 Å². The number of nitrogens with one attached hydrogen (secondary N) is 1. The van der Waals surface area contributed by atoms with Crippen LogP contribution >= 0.6 is 0 Å². The maximum atomic E-state index is 13.3. The van der Waals surface area contributed by atoms with Crippen molar-refractivity contribution in [1.29, 1.82) is 0 Å². The van der Waals surface area contributed by atoms with Crippen molar-refractivity contribution in [3.63, 3.8) is 0 Å². The second kappa shape index (κ2) is 6.55. The van der Waals surface area contributed by atoms with Crippen molar-refractivity contribution in [2.24, 2.45) is 0 Å². The lowest BCUT2D eigenvalue weighted by Crippen LogP contribution is -2.46. The highest BCUT2D eigenvalue weighted by atomic mass is 16.2. The van der Waals surface area contributed by atoms with E-state index in [1.807, 2.05) is 60.7 Å². The van der Waals surface area contributed by atoms with Gasteiger partial charge in [0.05, 0.1) is 6.54 Å². The highest BCUT2D eigenvalue weighted by molar-refractivity contribution is 6.12. The van der Waals surface area contributed by atoms with Gasteiger partial charge in [0.1, 0.15) is 5.54 Å². The largest absolute Gasteiger partial charge is 0.325 e. The number of Topliss-reactive ketones (excluding diaryl/α,β-unsaturated/α-hetero) is 1. The van der Waals surface area contributed by atoms with E-state index in [0.29, 0.717) is 12.0 Å². The number of rotatable bonds is 3. The van der Waals surface area contributed by atoms with Gasteiger partial charge in [-0.15, -0.1) is 0 Å². The molecular weight excluding hydrogens is 364 g/mol. The summed E-state index contributed by atoms with van der Waals surface area (Å²) in [6.07, 6.45) is 2.25. The van der Waals surface area contributed by atoms with Gasteiger partial charge in [0.15, 0.2) is 5.78 Å². The molecule has 29 heavy (non-hydrogen) atoms. The molecule has 1 heterocycles. The number of carbonyl (C=O) groups excluding carboxylic acids is 3. The quantitative estimate of drug-likeness (QED) is 0.552. The van der Waals surface area contributed by atoms with Gasteiger partial charge < -0.3 is 5.32 Å². The zero-order valence-corrected chi connectivity index (χ0v) is 15.9. The molecule has 2 aliphatic rings. The van der Waals surface area contributed by atoms with Crippen LogP contribution in [0.2, 0.25) is 0 Å². The van der Waals surface area contributed by atoms with E-state index in [1.54, 1.807) is 6.07 Å². The highest BCUT2D eigenvalue weighted by Gasteiger charge is 2.54. The first-order valence-electron chi connectivity index (χ1n) is 9.83. The van der Waals surface area contributed by atoms with Crippen LogP contribution in [0.4, 0.5) is 4.79 Å². The second-order valence-corrected chi connectivity index (χ2v) is 7.72. The third-order valence-electron chi connectivity index (χ3n) is 6.02. The predicted molar refractivity (Wildman–Crippen MR) is 110 cm³/mol. The Morgan fingerprint density at radius 1 is 0.966 bits per heavy atom. The monoisotopic (exact) mass is 384 g/mol. The third kappa shape index (κ3) is 2.73. The van der Waals surface area contributed by atoms with E-state index in [9.17, 15) is 14.4 Å². The van der Waals surface area contributed by atoms with E-state index in [-0.39, 0.29) is 18.2 Å². The van der Waals surface area contributed by atoms with Gasteiger partial charge in [0, 0.05) is 5.56 Å². The van der Waals surface area contributed by atoms with E-state index in [1.165, 1.54) is 0 Å². The fraction of sp³-hybridized carbons (Fsp3) is 0.208. The minimum absolute atomic E-state index is 0.250. The molecule has 1 atom stereocenters. The minimum Gasteiger partial charge on any atom is -0.319 e. The number of ketones is 1. The first-order valence-corrected chi connectivity index (χ1v) is 9.83. The van der Waals surface area contributed by atoms with Crippen LogP contribution in [0.15, 0.2) is 66.7 Å². The molecule has 1 aliphatic heterocycles. The highest BCUT2D eigenvalue weighted by Crippen LogP contribution is 2.39. The lowest BCUT2D eigenvalue weighted by atomic mass is 9.76. The Hall–Kier alpha value is -3.47. The Bertz CT molecular complexity index is 1170. The zero-order chi connectivity index (χ0) is 20.0. The molecule has 3 aromatic carbocycles. The summed E-state index contributed by atoms with van der Waals surface area (Å²) < 4.78 is 0. The fourth-order valence-electron chi connectivity index (χ4n) is 4.55. The molecule has 1 N–H and O–H groups in total. The second-order valence-electron chi connectivity index (χ2n) is 7.72. The lowest BCUT2D eigenvalue weighted by molar-refractivity contribution is -0.131. The number of imide groups is 1. The van der Waals surface area contributed by atoms with Crippen molar-refractivity contribution >= 4 is 28.5 Å². The maximum Gasteiger partial charge on any atom is 0.325 e. The Balaban J connectivity index is 1.44. The third-order valence-corrected chi connectivity index (χ3v) is 6.02. The molecule has 1 saturated heterocycles. The molecular formula is C24H20N2O3. The number of fused-ring (bicyclic) bond motifs is 3. The van der Waals surface area contributed by atoms with Crippen LogP contribution < -0.4 is 5.32 Å². The van der Waals surface area contributed by atoms with Crippen molar-refractivity contribution in [3.8, 4) is 0 Å². The molecule has 1 unspecified atom stereocenters. The molecule has 1 spiro atoms. The lowest BCUT2D eigenvalue weighted by Gasteiger charge is -2.33. The minimum atomic E-state index is -1.05. The molecule has 5 heteroatoms. The number of nitrogens with zero attached hydrogens (tertiary/aromatic N) is 1. The summed E-state index contributed by atoms with van der Waals surface area (Å²) in [6.45, 7) is -0.257. The van der Waals surface area contributed by atoms with Gasteiger partial charge in [0.2, 0.25) is 0 Å². The summed E-state index contributed by atoms with van der Waals surface area (Å²) in [5, 5.41) is 4.89. The van der Waals surface area contributed by atoms with Crippen LogP contribution in [0.1, 0.15) is 34.3 Å². The Morgan fingerprint density at radius 3 is 2.59 bits per heavy atom. The van der Waals surface area contributed by atoms with Gasteiger partial charge in [0.25, 0.3) is 5.91 Å². The number of hydrogen-bond donors (Lipinski definition) is 1. The summed E-state index contributed by atoms with van der Waals surface area (Å²) in [4.78, 5) is 40.0. The molecule has 5 rings (SSSR count). The molecule has 3 aromatic rings. The number of urea groups is 1. The standard InChI is InChI=1S/C24H20N2O3/c27-21(19-12-11-16-6-1-2-8-18(16)14-19)15-26-22(28)24(25-23(26)29)13-5-9-17-7-3-4-10-20(17)24/h1-4,6-8,10-12,14H,5,9,13,15H2,(H,25,29). The van der Waals surface area contributed by atoms with Gasteiger partial charge in [-0.3, -0.25) is 14.5 Å². The first-order chi connectivity index (χ1) is 14.1. The predicted octanol–water partition coefficient (Wildman–Crippen LogP) is 3.81. The van der Waals surface area contributed by atoms with Crippen molar-refractivity contribution in [1.82, 2.24) is 10.2 Å². The van der Waals surface area contributed by atoms with Crippen molar-refractivity contribution in [3.05, 3.63) is 83.4 Å². The van der Waals surface area contributed by atoms with E-state index in [2.05, 4.69) is 5.32 Å². The molecule has 1 fully saturated rings. The SMILES string of the molecule is O=C(CN1C(=O)NC2(CCCc3ccccc32)C1=O)c1ccc2ccccc2c1. The molecule has 0 aromatic heterocycles. The summed E-state index contributed by atoms with van der Waals surface area (Å²) in [7, 11) is 0. The molecule has 144 valence electrons. The average Bonchev–Trinajstić information content (AvgIpc) is 2.98. The van der Waals surface area contributed by atoms with E-state index >= 15 is 0 Å². The normalized spacial score (nSPS) is 20.8. The van der Waals surface area contributed by atoms with Crippen molar-refractivity contribution in [2.75, 3.05) is 6.54 Å². The number of amides is 3. The number of benzene rings is 3. The van der Waals surface area contributed by atoms with Crippen molar-refractivity contribution in [2.45, 2.75) is 24.8 Å². The zero-order valence-electron chi connectivity index (χ0n) is 15.9. The summed E-state index contributed by atoms with van der Waals surface area (Å²) >= 11 is 0. The number of carbonyl (C=O) groups is 3. The van der Waals surface area contributed by atoms with Gasteiger partial charge >= 0.3 is 6.03 Å². The topological polar surface area (TPSA) is 66.5 Å². The Labute approximate surface area is 168 Å². The van der Waals surface area contributed by atoms with Crippen LogP contribution in [0.3, 0.4) is 0 Å². The summed E-state index contributed by atoms with van der Waals surface area (Å²) in [5.41, 5.74) is 1.38. The molecule has 0 radical (unpaired) electrons. The Morgan fingerprint density at radius 2 is 1.72 bits per heavy atom. The molecule has 1 aliphatic carbocycles. The average molecular weight is 384 g/mol. The Kier molecular flexibility index (Phi) is 3.98. The van der Waals surface area contributed by atoms with Gasteiger partial charge in [-0.2, -0.15) is 0 Å². The summed E-state index contributed by atoms with van der Waals surface area (Å²) in [6, 6.07) is 20.4. The van der Waals surface area contributed by atoms with Crippen LogP contribution in [0.25, 0.3) is 10.8 Å². The van der Waals surface area contributed by atoms with Crippen LogP contribution in [0, 0.1) is 0 Å². The number of aryl methyl sites for hydroxylation is 1. The molecule has 0 bridgehead atoms. The molecule has 3 amide bonds. The smallest absolute Gasteiger partial charge is 0.319 e. The van der Waals surface area contributed by atoms with Gasteiger partial charge in [-0.1, -0.05) is 60.7 Å². The van der Waals surface area contributed by atoms with Crippen LogP contribution in [-0.2, 0) is 16.8 Å². The van der Waals surface area contributed by atoms with Crippen molar-refractivity contribution < 1.29 is 14.4 Å². The van der Waals surface area contributed by atoms with Crippen LogP contribution in [-0.4, -0.2) is 29.2 Å². The van der Waals surface area contributed by atoms with Gasteiger partial charge in [-0.05, 0) is 47.2 Å².